The van der Waals surface area contributed by atoms with E-state index in [0.29, 0.717) is 5.89 Å². The summed E-state index contributed by atoms with van der Waals surface area (Å²) in [6.45, 7) is 1.00. The highest BCUT2D eigenvalue weighted by molar-refractivity contribution is 5.89. The van der Waals surface area contributed by atoms with Gasteiger partial charge in [0.25, 0.3) is 5.91 Å². The summed E-state index contributed by atoms with van der Waals surface area (Å²) in [5, 5.41) is 17.4. The zero-order chi connectivity index (χ0) is 8.27. The Balaban J connectivity index is 2.57. The summed E-state index contributed by atoms with van der Waals surface area (Å²) < 4.78 is 4.79. The first-order chi connectivity index (χ1) is 5.22. The Bertz CT molecular complexity index is 257. The second-order valence-corrected chi connectivity index (χ2v) is 1.83. The van der Waals surface area contributed by atoms with E-state index < -0.39 is 12.5 Å². The molecule has 2 N–H and O–H groups in total. The van der Waals surface area contributed by atoms with E-state index in [-0.39, 0.29) is 6.01 Å². The third-order valence-electron chi connectivity index (χ3n) is 0.916. The van der Waals surface area contributed by atoms with Crippen LogP contribution in [0.4, 0.5) is 6.01 Å². The average molecular weight is 157 g/mol. The molecule has 0 saturated heterocycles. The molecule has 6 heteroatoms. The second-order valence-electron chi connectivity index (χ2n) is 1.83. The van der Waals surface area contributed by atoms with Crippen molar-refractivity contribution in [1.29, 1.82) is 0 Å². The number of nitrogens with zero attached hydrogens (tertiary/aromatic N) is 2. The maximum Gasteiger partial charge on any atom is 0.322 e. The number of anilines is 1. The highest BCUT2D eigenvalue weighted by Gasteiger charge is 2.04. The quantitative estimate of drug-likeness (QED) is 0.593. The van der Waals surface area contributed by atoms with Crippen LogP contribution in [-0.2, 0) is 4.79 Å². The van der Waals surface area contributed by atoms with Crippen LogP contribution in [0, 0.1) is 6.92 Å². The number of hydrogen-bond donors (Lipinski definition) is 2. The minimum Gasteiger partial charge on any atom is -0.408 e. The maximum atomic E-state index is 10.5. The molecule has 1 amide bonds. The van der Waals surface area contributed by atoms with Crippen LogP contribution in [0.3, 0.4) is 0 Å². The lowest BCUT2D eigenvalue weighted by Gasteiger charge is -1.92. The summed E-state index contributed by atoms with van der Waals surface area (Å²) in [6.07, 6.45) is 0. The van der Waals surface area contributed by atoms with Gasteiger partial charge in [0, 0.05) is 6.92 Å². The predicted octanol–water partition coefficient (Wildman–Crippen LogP) is -0.691. The molecule has 0 unspecified atom stereocenters. The predicted molar refractivity (Wildman–Crippen MR) is 34.8 cm³/mol. The molecule has 1 heterocycles. The lowest BCUT2D eigenvalue weighted by molar-refractivity contribution is -0.118. The molecule has 0 fully saturated rings. The van der Waals surface area contributed by atoms with Gasteiger partial charge < -0.3 is 9.52 Å². The van der Waals surface area contributed by atoms with Crippen LogP contribution in [0.5, 0.6) is 0 Å². The Morgan fingerprint density at radius 3 is 2.91 bits per heavy atom. The fraction of sp³-hybridized carbons (Fsp3) is 0.400. The number of aliphatic hydroxyl groups is 1. The number of aromatic nitrogens is 2. The second kappa shape index (κ2) is 3.11. The van der Waals surface area contributed by atoms with Gasteiger partial charge in [-0.15, -0.1) is 5.10 Å². The first-order valence-electron chi connectivity index (χ1n) is 2.93. The highest BCUT2D eigenvalue weighted by atomic mass is 16.4. The van der Waals surface area contributed by atoms with Crippen molar-refractivity contribution in [3.63, 3.8) is 0 Å². The summed E-state index contributed by atoms with van der Waals surface area (Å²) in [5.41, 5.74) is 0. The molecular weight excluding hydrogens is 150 g/mol. The van der Waals surface area contributed by atoms with Gasteiger partial charge in [-0.25, -0.2) is 0 Å². The SMILES string of the molecule is Cc1nnc(NC(=O)CO)o1. The number of carbonyl (C=O) groups is 1. The third-order valence-corrected chi connectivity index (χ3v) is 0.916. The zero-order valence-corrected chi connectivity index (χ0v) is 5.87. The average Bonchev–Trinajstić information content (AvgIpc) is 2.35. The molecular formula is C5H7N3O3. The van der Waals surface area contributed by atoms with Gasteiger partial charge in [-0.05, 0) is 0 Å². The Labute approximate surface area is 62.2 Å². The van der Waals surface area contributed by atoms with Crippen LogP contribution in [0.15, 0.2) is 4.42 Å². The number of amides is 1. The largest absolute Gasteiger partial charge is 0.408 e. The third kappa shape index (κ3) is 2.01. The van der Waals surface area contributed by atoms with Crippen LogP contribution in [-0.4, -0.2) is 27.8 Å². The molecule has 1 aromatic rings. The van der Waals surface area contributed by atoms with E-state index in [1.807, 2.05) is 0 Å². The van der Waals surface area contributed by atoms with Gasteiger partial charge in [-0.3, -0.25) is 10.1 Å². The number of aliphatic hydroxyl groups excluding tert-OH is 1. The summed E-state index contributed by atoms with van der Waals surface area (Å²) in [5.74, 6) is -0.216. The van der Waals surface area contributed by atoms with E-state index in [2.05, 4.69) is 15.5 Å². The van der Waals surface area contributed by atoms with Gasteiger partial charge in [-0.1, -0.05) is 5.10 Å². The normalized spacial score (nSPS) is 9.64. The van der Waals surface area contributed by atoms with E-state index in [4.69, 9.17) is 9.52 Å². The van der Waals surface area contributed by atoms with E-state index in [9.17, 15) is 4.79 Å². The van der Waals surface area contributed by atoms with Crippen LogP contribution in [0.25, 0.3) is 0 Å². The van der Waals surface area contributed by atoms with Gasteiger partial charge in [0.05, 0.1) is 0 Å². The molecule has 1 rings (SSSR count). The van der Waals surface area contributed by atoms with Crippen molar-refractivity contribution in [1.82, 2.24) is 10.2 Å². The van der Waals surface area contributed by atoms with E-state index in [0.717, 1.165) is 0 Å². The molecule has 0 saturated carbocycles. The standard InChI is InChI=1S/C5H7N3O3/c1-3-7-8-5(11-3)6-4(10)2-9/h9H,2H2,1H3,(H,6,8,10). The zero-order valence-electron chi connectivity index (χ0n) is 5.87. The van der Waals surface area contributed by atoms with Crippen molar-refractivity contribution >= 4 is 11.9 Å². The molecule has 0 radical (unpaired) electrons. The lowest BCUT2D eigenvalue weighted by atomic mass is 10.6. The molecule has 0 atom stereocenters. The topological polar surface area (TPSA) is 88.2 Å². The fourth-order valence-corrected chi connectivity index (χ4v) is 0.506. The highest BCUT2D eigenvalue weighted by Crippen LogP contribution is 2.02. The molecule has 0 aliphatic carbocycles. The van der Waals surface area contributed by atoms with Crippen molar-refractivity contribution < 1.29 is 14.3 Å². The Kier molecular flexibility index (Phi) is 2.17. The van der Waals surface area contributed by atoms with Crippen LogP contribution >= 0.6 is 0 Å². The van der Waals surface area contributed by atoms with E-state index >= 15 is 0 Å². The lowest BCUT2D eigenvalue weighted by Crippen LogP contribution is -2.15. The fourth-order valence-electron chi connectivity index (χ4n) is 0.506. The smallest absolute Gasteiger partial charge is 0.322 e. The Hall–Kier alpha value is -1.43. The van der Waals surface area contributed by atoms with Crippen LogP contribution in [0.1, 0.15) is 5.89 Å². The summed E-state index contributed by atoms with van der Waals surface area (Å²) in [4.78, 5) is 10.5. The molecule has 60 valence electrons. The molecule has 6 nitrogen and oxygen atoms in total. The van der Waals surface area contributed by atoms with Gasteiger partial charge in [0.2, 0.25) is 5.89 Å². The Morgan fingerprint density at radius 1 is 1.73 bits per heavy atom. The van der Waals surface area contributed by atoms with Gasteiger partial charge in [0.15, 0.2) is 0 Å². The molecule has 0 aliphatic rings. The number of hydrogen-bond acceptors (Lipinski definition) is 5. The van der Waals surface area contributed by atoms with E-state index in [1.54, 1.807) is 6.92 Å². The van der Waals surface area contributed by atoms with Crippen molar-refractivity contribution in [2.75, 3.05) is 11.9 Å². The molecule has 11 heavy (non-hydrogen) atoms. The van der Waals surface area contributed by atoms with Crippen molar-refractivity contribution in [2.45, 2.75) is 6.92 Å². The van der Waals surface area contributed by atoms with Gasteiger partial charge in [0.1, 0.15) is 6.61 Å². The molecule has 0 spiro atoms. The minimum absolute atomic E-state index is 0.00144. The van der Waals surface area contributed by atoms with E-state index in [1.165, 1.54) is 0 Å². The molecule has 0 aliphatic heterocycles. The minimum atomic E-state index is -0.596. The van der Waals surface area contributed by atoms with Crippen LogP contribution in [0.2, 0.25) is 0 Å². The number of nitrogens with one attached hydrogen (secondary N) is 1. The maximum absolute atomic E-state index is 10.5. The first kappa shape index (κ1) is 7.67. The molecule has 1 aromatic heterocycles. The van der Waals surface area contributed by atoms with Gasteiger partial charge >= 0.3 is 6.01 Å². The number of aryl methyl sites for hydroxylation is 1. The van der Waals surface area contributed by atoms with Crippen molar-refractivity contribution in [2.24, 2.45) is 0 Å². The van der Waals surface area contributed by atoms with Crippen molar-refractivity contribution in [3.8, 4) is 0 Å². The Morgan fingerprint density at radius 2 is 2.45 bits per heavy atom. The monoisotopic (exact) mass is 157 g/mol. The van der Waals surface area contributed by atoms with Crippen LogP contribution < -0.4 is 5.32 Å². The number of rotatable bonds is 2. The van der Waals surface area contributed by atoms with Gasteiger partial charge in [-0.2, -0.15) is 0 Å². The summed E-state index contributed by atoms with van der Waals surface area (Å²) in [6, 6.07) is 0.00144. The summed E-state index contributed by atoms with van der Waals surface area (Å²) >= 11 is 0. The number of carbonyl (C=O) groups excluding carboxylic acids is 1. The first-order valence-corrected chi connectivity index (χ1v) is 2.93. The molecule has 0 aromatic carbocycles. The van der Waals surface area contributed by atoms with Crippen molar-refractivity contribution in [3.05, 3.63) is 5.89 Å². The molecule has 0 bridgehead atoms. The summed E-state index contributed by atoms with van der Waals surface area (Å²) in [7, 11) is 0.